The van der Waals surface area contributed by atoms with Crippen molar-refractivity contribution < 1.29 is 4.79 Å². The number of hydrogen-bond acceptors (Lipinski definition) is 4. The molecule has 2 heterocycles. The average Bonchev–Trinajstić information content (AvgIpc) is 2.40. The fourth-order valence-corrected chi connectivity index (χ4v) is 2.25. The van der Waals surface area contributed by atoms with Crippen LogP contribution >= 0.6 is 0 Å². The first-order valence-corrected chi connectivity index (χ1v) is 6.04. The lowest BCUT2D eigenvalue weighted by Gasteiger charge is -2.35. The summed E-state index contributed by atoms with van der Waals surface area (Å²) >= 11 is 0. The van der Waals surface area contributed by atoms with Crippen molar-refractivity contribution >= 4 is 11.6 Å². The Morgan fingerprint density at radius 3 is 2.88 bits per heavy atom. The van der Waals surface area contributed by atoms with Gasteiger partial charge in [-0.25, -0.2) is 9.97 Å². The predicted octanol–water partition coefficient (Wildman–Crippen LogP) is 1.19. The normalized spacial score (nSPS) is 24.3. The van der Waals surface area contributed by atoms with Gasteiger partial charge in [-0.15, -0.1) is 0 Å². The zero-order chi connectivity index (χ0) is 12.1. The number of nitrogens with one attached hydrogen (secondary N) is 2. The second kappa shape index (κ2) is 5.23. The molecule has 2 rings (SSSR count). The molecule has 1 aliphatic heterocycles. The molecular formula is C12H18N4O. The Hall–Kier alpha value is -1.49. The molecule has 1 aliphatic rings. The first-order chi connectivity index (χ1) is 8.27. The number of piperidine rings is 1. The number of carbonyl (C=O) groups is 1. The van der Waals surface area contributed by atoms with E-state index >= 15 is 0 Å². The fraction of sp³-hybridized carbons (Fsp3) is 0.583. The molecule has 1 saturated heterocycles. The number of rotatable bonds is 3. The molecular weight excluding hydrogens is 216 g/mol. The first kappa shape index (κ1) is 12.0. The molecule has 5 nitrogen and oxygen atoms in total. The Balaban J connectivity index is 2.07. The van der Waals surface area contributed by atoms with Crippen LogP contribution in [0.1, 0.15) is 26.2 Å². The summed E-state index contributed by atoms with van der Waals surface area (Å²) in [5, 5.41) is 6.20. The molecule has 1 aromatic rings. The Bertz CT molecular complexity index is 373. The quantitative estimate of drug-likeness (QED) is 0.824. The molecule has 1 atom stereocenters. The third kappa shape index (κ3) is 2.61. The number of anilines is 1. The van der Waals surface area contributed by atoms with Crippen LogP contribution in [-0.2, 0) is 4.79 Å². The smallest absolute Gasteiger partial charge is 0.231 e. The molecule has 0 aromatic carbocycles. The van der Waals surface area contributed by atoms with Crippen LogP contribution < -0.4 is 10.6 Å². The summed E-state index contributed by atoms with van der Waals surface area (Å²) in [7, 11) is 0. The molecule has 0 radical (unpaired) electrons. The number of aromatic nitrogens is 2. The maximum atomic E-state index is 12.3. The Labute approximate surface area is 101 Å². The molecule has 5 heteroatoms. The van der Waals surface area contributed by atoms with Crippen LogP contribution in [0.5, 0.6) is 0 Å². The lowest BCUT2D eigenvalue weighted by molar-refractivity contribution is -0.126. The summed E-state index contributed by atoms with van der Waals surface area (Å²) < 4.78 is 0. The molecule has 1 aromatic heterocycles. The van der Waals surface area contributed by atoms with Gasteiger partial charge in [0.1, 0.15) is 6.33 Å². The van der Waals surface area contributed by atoms with Crippen molar-refractivity contribution in [2.24, 2.45) is 5.41 Å². The maximum absolute atomic E-state index is 12.3. The molecule has 1 amide bonds. The lowest BCUT2D eigenvalue weighted by atomic mass is 9.77. The van der Waals surface area contributed by atoms with Gasteiger partial charge in [0.15, 0.2) is 0 Å². The van der Waals surface area contributed by atoms with Gasteiger partial charge in [0.2, 0.25) is 5.91 Å². The minimum atomic E-state index is -0.284. The van der Waals surface area contributed by atoms with E-state index in [1.165, 1.54) is 6.33 Å². The molecule has 1 fully saturated rings. The highest BCUT2D eigenvalue weighted by molar-refractivity contribution is 5.95. The van der Waals surface area contributed by atoms with E-state index in [9.17, 15) is 4.79 Å². The van der Waals surface area contributed by atoms with Gasteiger partial charge in [0.05, 0.1) is 23.5 Å². The van der Waals surface area contributed by atoms with Gasteiger partial charge in [-0.2, -0.15) is 0 Å². The van der Waals surface area contributed by atoms with E-state index in [4.69, 9.17) is 0 Å². The van der Waals surface area contributed by atoms with Crippen molar-refractivity contribution in [2.75, 3.05) is 18.4 Å². The molecule has 0 spiro atoms. The highest BCUT2D eigenvalue weighted by atomic mass is 16.2. The van der Waals surface area contributed by atoms with E-state index in [0.29, 0.717) is 5.69 Å². The van der Waals surface area contributed by atoms with Crippen LogP contribution in [0.4, 0.5) is 5.69 Å². The number of nitrogens with zero attached hydrogens (tertiary/aromatic N) is 2. The Kier molecular flexibility index (Phi) is 3.68. The monoisotopic (exact) mass is 234 g/mol. The van der Waals surface area contributed by atoms with Gasteiger partial charge in [0, 0.05) is 6.54 Å². The van der Waals surface area contributed by atoms with Crippen LogP contribution in [0, 0.1) is 5.41 Å². The van der Waals surface area contributed by atoms with Gasteiger partial charge < -0.3 is 10.6 Å². The molecule has 0 bridgehead atoms. The third-order valence-corrected chi connectivity index (χ3v) is 3.45. The SMILES string of the molecule is CCC1(C(=O)Nc2cncnc2)CCCNC1. The Morgan fingerprint density at radius 2 is 2.29 bits per heavy atom. The summed E-state index contributed by atoms with van der Waals surface area (Å²) in [5.74, 6) is 0.0713. The number of amides is 1. The van der Waals surface area contributed by atoms with Crippen LogP contribution in [0.25, 0.3) is 0 Å². The van der Waals surface area contributed by atoms with Gasteiger partial charge in [0.25, 0.3) is 0 Å². The minimum Gasteiger partial charge on any atom is -0.323 e. The summed E-state index contributed by atoms with van der Waals surface area (Å²) in [5.41, 5.74) is 0.379. The van der Waals surface area contributed by atoms with Gasteiger partial charge in [-0.1, -0.05) is 6.92 Å². The van der Waals surface area contributed by atoms with Crippen molar-refractivity contribution in [3.8, 4) is 0 Å². The Morgan fingerprint density at radius 1 is 1.53 bits per heavy atom. The molecule has 1 unspecified atom stereocenters. The van der Waals surface area contributed by atoms with Gasteiger partial charge in [-0.3, -0.25) is 4.79 Å². The van der Waals surface area contributed by atoms with E-state index in [-0.39, 0.29) is 11.3 Å². The van der Waals surface area contributed by atoms with Crippen LogP contribution in [-0.4, -0.2) is 29.0 Å². The lowest BCUT2D eigenvalue weighted by Crippen LogP contribution is -2.47. The number of hydrogen-bond donors (Lipinski definition) is 2. The summed E-state index contributed by atoms with van der Waals surface area (Å²) in [6, 6.07) is 0. The summed E-state index contributed by atoms with van der Waals surface area (Å²) in [6.45, 7) is 3.82. The van der Waals surface area contributed by atoms with Crippen molar-refractivity contribution in [3.05, 3.63) is 18.7 Å². The standard InChI is InChI=1S/C12H18N4O/c1-2-12(4-3-5-13-8-12)11(17)16-10-6-14-9-15-7-10/h6-7,9,13H,2-5,8H2,1H3,(H,16,17). The molecule has 2 N–H and O–H groups in total. The second-order valence-corrected chi connectivity index (χ2v) is 4.50. The largest absolute Gasteiger partial charge is 0.323 e. The van der Waals surface area contributed by atoms with Crippen molar-refractivity contribution in [3.63, 3.8) is 0 Å². The van der Waals surface area contributed by atoms with Crippen molar-refractivity contribution in [1.29, 1.82) is 0 Å². The van der Waals surface area contributed by atoms with E-state index in [2.05, 4.69) is 27.5 Å². The van der Waals surface area contributed by atoms with E-state index in [0.717, 1.165) is 32.4 Å². The van der Waals surface area contributed by atoms with Crippen LogP contribution in [0.3, 0.4) is 0 Å². The zero-order valence-corrected chi connectivity index (χ0v) is 10.1. The van der Waals surface area contributed by atoms with Crippen LogP contribution in [0.2, 0.25) is 0 Å². The highest BCUT2D eigenvalue weighted by Crippen LogP contribution is 2.31. The predicted molar refractivity (Wildman–Crippen MR) is 65.5 cm³/mol. The fourth-order valence-electron chi connectivity index (χ4n) is 2.25. The molecule has 0 aliphatic carbocycles. The van der Waals surface area contributed by atoms with E-state index in [1.54, 1.807) is 12.4 Å². The molecule has 0 saturated carbocycles. The van der Waals surface area contributed by atoms with Crippen molar-refractivity contribution in [1.82, 2.24) is 15.3 Å². The summed E-state index contributed by atoms with van der Waals surface area (Å²) in [6.07, 6.45) is 7.52. The maximum Gasteiger partial charge on any atom is 0.231 e. The third-order valence-electron chi connectivity index (χ3n) is 3.45. The first-order valence-electron chi connectivity index (χ1n) is 6.04. The van der Waals surface area contributed by atoms with Crippen LogP contribution in [0.15, 0.2) is 18.7 Å². The minimum absolute atomic E-state index is 0.0713. The molecule has 17 heavy (non-hydrogen) atoms. The zero-order valence-electron chi connectivity index (χ0n) is 10.1. The topological polar surface area (TPSA) is 66.9 Å². The van der Waals surface area contributed by atoms with Gasteiger partial charge in [-0.05, 0) is 25.8 Å². The van der Waals surface area contributed by atoms with Crippen molar-refractivity contribution in [2.45, 2.75) is 26.2 Å². The number of carbonyl (C=O) groups excluding carboxylic acids is 1. The van der Waals surface area contributed by atoms with E-state index < -0.39 is 0 Å². The summed E-state index contributed by atoms with van der Waals surface area (Å²) in [4.78, 5) is 20.1. The highest BCUT2D eigenvalue weighted by Gasteiger charge is 2.37. The molecule has 92 valence electrons. The second-order valence-electron chi connectivity index (χ2n) is 4.50. The van der Waals surface area contributed by atoms with E-state index in [1.807, 2.05) is 0 Å². The average molecular weight is 234 g/mol. The van der Waals surface area contributed by atoms with Gasteiger partial charge >= 0.3 is 0 Å².